The number of hydrogen-bond acceptors (Lipinski definition) is 5. The molecular weight excluding hydrogens is 438 g/mol. The molecule has 7 nitrogen and oxygen atoms in total. The van der Waals surface area contributed by atoms with Crippen molar-refractivity contribution in [3.63, 3.8) is 0 Å². The van der Waals surface area contributed by atoms with Gasteiger partial charge in [-0.05, 0) is 66.4 Å². The van der Waals surface area contributed by atoms with Crippen LogP contribution in [0.1, 0.15) is 49.0 Å². The largest absolute Gasteiger partial charge is 0.454 e. The maximum Gasteiger partial charge on any atom is 0.262 e. The van der Waals surface area contributed by atoms with E-state index in [2.05, 4.69) is 24.1 Å². The van der Waals surface area contributed by atoms with Gasteiger partial charge < -0.3 is 19.8 Å². The van der Waals surface area contributed by atoms with Gasteiger partial charge >= 0.3 is 0 Å². The van der Waals surface area contributed by atoms with Crippen molar-refractivity contribution in [1.82, 2.24) is 14.9 Å². The van der Waals surface area contributed by atoms with Crippen LogP contribution in [0, 0.1) is 16.6 Å². The zero-order valence-electron chi connectivity index (χ0n) is 18.7. The number of nitrogens with one attached hydrogen (secondary N) is 2. The molecule has 33 heavy (non-hydrogen) atoms. The summed E-state index contributed by atoms with van der Waals surface area (Å²) in [5, 5.41) is 3.68. The van der Waals surface area contributed by atoms with Crippen LogP contribution < -0.4 is 20.3 Å². The van der Waals surface area contributed by atoms with Crippen LogP contribution in [-0.4, -0.2) is 28.3 Å². The zero-order chi connectivity index (χ0) is 23.1. The Labute approximate surface area is 196 Å². The summed E-state index contributed by atoms with van der Waals surface area (Å²) in [6.07, 6.45) is 3.33. The second-order valence-electron chi connectivity index (χ2n) is 9.12. The van der Waals surface area contributed by atoms with E-state index in [9.17, 15) is 9.59 Å². The van der Waals surface area contributed by atoms with Crippen molar-refractivity contribution in [3.8, 4) is 11.5 Å². The van der Waals surface area contributed by atoms with Crippen molar-refractivity contribution in [1.29, 1.82) is 0 Å². The van der Waals surface area contributed by atoms with Crippen molar-refractivity contribution >= 4 is 29.0 Å². The topological polar surface area (TPSA) is 85.3 Å². The van der Waals surface area contributed by atoms with Gasteiger partial charge in [0.25, 0.3) is 11.5 Å². The minimum absolute atomic E-state index is 0.119. The number of hydrogen-bond donors (Lipinski definition) is 2. The average Bonchev–Trinajstić information content (AvgIpc) is 3.27. The molecule has 0 unspecified atom stereocenters. The lowest BCUT2D eigenvalue weighted by atomic mass is 9.78. The number of fused-ring (bicyclic) bond motifs is 2. The molecule has 2 N–H and O–H groups in total. The number of benzene rings is 2. The minimum Gasteiger partial charge on any atom is -0.454 e. The number of carbonyl (C=O) groups excluding carboxylic acids is 1. The van der Waals surface area contributed by atoms with E-state index in [1.165, 1.54) is 11.0 Å². The molecule has 0 spiro atoms. The Morgan fingerprint density at radius 1 is 1.15 bits per heavy atom. The Morgan fingerprint density at radius 3 is 2.82 bits per heavy atom. The van der Waals surface area contributed by atoms with E-state index in [0.717, 1.165) is 18.4 Å². The lowest BCUT2D eigenvalue weighted by Gasteiger charge is -2.34. The predicted molar refractivity (Wildman–Crippen MR) is 128 cm³/mol. The van der Waals surface area contributed by atoms with Gasteiger partial charge in [0.15, 0.2) is 16.3 Å². The fraction of sp³-hybridized carbons (Fsp3) is 0.400. The molecule has 3 aromatic rings. The summed E-state index contributed by atoms with van der Waals surface area (Å²) in [5.74, 6) is 2.27. The third-order valence-corrected chi connectivity index (χ3v) is 7.37. The molecule has 1 saturated carbocycles. The fourth-order valence-corrected chi connectivity index (χ4v) is 5.06. The van der Waals surface area contributed by atoms with Gasteiger partial charge in [-0.2, -0.15) is 0 Å². The molecule has 2 heterocycles. The molecule has 1 aromatic heterocycles. The number of amides is 1. The van der Waals surface area contributed by atoms with Crippen molar-refractivity contribution in [3.05, 3.63) is 62.6 Å². The number of H-pyrrole nitrogens is 1. The summed E-state index contributed by atoms with van der Waals surface area (Å²) in [5.41, 5.74) is 1.76. The number of ether oxygens (including phenoxy) is 2. The Kier molecular flexibility index (Phi) is 5.70. The molecule has 172 valence electrons. The summed E-state index contributed by atoms with van der Waals surface area (Å²) < 4.78 is 12.6. The highest BCUT2D eigenvalue weighted by atomic mass is 32.1. The van der Waals surface area contributed by atoms with E-state index in [-0.39, 0.29) is 24.3 Å². The standard InChI is InChI=1S/C25H27N3O4S/c1-14-4-3-5-19(15(14)2)26-23(29)17-7-8-18-20(11-17)27-25(33)28(24(18)30)12-16-6-9-21-22(10-16)32-13-31-21/h6-11,14-15,19H,3-5,12-13H2,1-2H3,(H,26,29)(H,27,33)/t14-,15-,19+/m1/s1. The van der Waals surface area contributed by atoms with Gasteiger partial charge in [0.1, 0.15) is 0 Å². The van der Waals surface area contributed by atoms with Crippen LogP contribution in [0.2, 0.25) is 0 Å². The van der Waals surface area contributed by atoms with E-state index in [4.69, 9.17) is 21.7 Å². The van der Waals surface area contributed by atoms with Gasteiger partial charge in [-0.25, -0.2) is 0 Å². The van der Waals surface area contributed by atoms with Crippen LogP contribution in [-0.2, 0) is 6.54 Å². The normalized spacial score (nSPS) is 21.8. The van der Waals surface area contributed by atoms with Crippen molar-refractivity contribution < 1.29 is 14.3 Å². The van der Waals surface area contributed by atoms with Gasteiger partial charge in [-0.3, -0.25) is 14.2 Å². The van der Waals surface area contributed by atoms with Gasteiger partial charge in [-0.15, -0.1) is 0 Å². The van der Waals surface area contributed by atoms with Crippen LogP contribution >= 0.6 is 12.2 Å². The molecule has 2 aliphatic rings. The van der Waals surface area contributed by atoms with Crippen LogP contribution in [0.3, 0.4) is 0 Å². The summed E-state index contributed by atoms with van der Waals surface area (Å²) in [6, 6.07) is 10.9. The van der Waals surface area contributed by atoms with Gasteiger partial charge in [-0.1, -0.05) is 32.8 Å². The summed E-state index contributed by atoms with van der Waals surface area (Å²) in [7, 11) is 0. The predicted octanol–water partition coefficient (Wildman–Crippen LogP) is 4.39. The Morgan fingerprint density at radius 2 is 1.97 bits per heavy atom. The fourth-order valence-electron chi connectivity index (χ4n) is 4.80. The highest BCUT2D eigenvalue weighted by molar-refractivity contribution is 7.71. The van der Waals surface area contributed by atoms with Crippen LogP contribution in [0.25, 0.3) is 10.9 Å². The molecule has 5 rings (SSSR count). The molecule has 3 atom stereocenters. The number of nitrogens with zero attached hydrogens (tertiary/aromatic N) is 1. The first-order chi connectivity index (χ1) is 15.9. The lowest BCUT2D eigenvalue weighted by Crippen LogP contribution is -2.43. The first-order valence-corrected chi connectivity index (χ1v) is 11.8. The van der Waals surface area contributed by atoms with Crippen LogP contribution in [0.4, 0.5) is 0 Å². The maximum atomic E-state index is 13.2. The van der Waals surface area contributed by atoms with E-state index in [1.54, 1.807) is 18.2 Å². The van der Waals surface area contributed by atoms with Crippen molar-refractivity contribution in [2.45, 2.75) is 45.7 Å². The highest BCUT2D eigenvalue weighted by Crippen LogP contribution is 2.33. The van der Waals surface area contributed by atoms with E-state index in [0.29, 0.717) is 51.1 Å². The molecule has 8 heteroatoms. The van der Waals surface area contributed by atoms with Crippen molar-refractivity contribution in [2.75, 3.05) is 6.79 Å². The summed E-state index contributed by atoms with van der Waals surface area (Å²) in [6.45, 7) is 4.95. The average molecular weight is 466 g/mol. The monoisotopic (exact) mass is 465 g/mol. The highest BCUT2D eigenvalue weighted by Gasteiger charge is 2.28. The van der Waals surface area contributed by atoms with Crippen LogP contribution in [0.5, 0.6) is 11.5 Å². The molecule has 1 aliphatic carbocycles. The maximum absolute atomic E-state index is 13.2. The molecule has 0 bridgehead atoms. The van der Waals surface area contributed by atoms with E-state index < -0.39 is 0 Å². The number of rotatable bonds is 4. The molecular formula is C25H27N3O4S. The quantitative estimate of drug-likeness (QED) is 0.558. The molecule has 1 fully saturated rings. The molecule has 2 aromatic carbocycles. The van der Waals surface area contributed by atoms with Crippen LogP contribution in [0.15, 0.2) is 41.2 Å². The van der Waals surface area contributed by atoms with Gasteiger partial charge in [0.2, 0.25) is 6.79 Å². The Hall–Kier alpha value is -3.13. The molecule has 0 saturated heterocycles. The molecule has 1 aliphatic heterocycles. The smallest absolute Gasteiger partial charge is 0.262 e. The number of aromatic amines is 1. The summed E-state index contributed by atoms with van der Waals surface area (Å²) >= 11 is 5.48. The van der Waals surface area contributed by atoms with E-state index in [1.807, 2.05) is 18.2 Å². The third kappa shape index (κ3) is 4.15. The Bertz CT molecular complexity index is 1350. The summed E-state index contributed by atoms with van der Waals surface area (Å²) in [4.78, 5) is 29.2. The second kappa shape index (κ2) is 8.67. The first-order valence-electron chi connectivity index (χ1n) is 11.4. The third-order valence-electron chi connectivity index (χ3n) is 7.05. The number of aromatic nitrogens is 2. The first kappa shape index (κ1) is 21.7. The zero-order valence-corrected chi connectivity index (χ0v) is 19.5. The Balaban J connectivity index is 1.41. The van der Waals surface area contributed by atoms with Gasteiger partial charge in [0.05, 0.1) is 17.4 Å². The van der Waals surface area contributed by atoms with E-state index >= 15 is 0 Å². The SMILES string of the molecule is C[C@@H]1[C@H](C)CCC[C@@H]1NC(=O)c1ccc2c(=O)n(Cc3ccc4c(c3)OCO4)c(=S)[nH]c2c1. The van der Waals surface area contributed by atoms with Gasteiger partial charge in [0, 0.05) is 11.6 Å². The molecule has 0 radical (unpaired) electrons. The minimum atomic E-state index is -0.201. The molecule has 1 amide bonds. The van der Waals surface area contributed by atoms with Crippen molar-refractivity contribution in [2.24, 2.45) is 11.8 Å². The lowest BCUT2D eigenvalue weighted by molar-refractivity contribution is 0.0891. The number of carbonyl (C=O) groups is 1. The second-order valence-corrected chi connectivity index (χ2v) is 9.50.